The molecule has 1 rings (SSSR count). The van der Waals surface area contributed by atoms with E-state index in [1.165, 1.54) is 18.2 Å². The molecular formula is C16H23NO7. The van der Waals surface area contributed by atoms with Crippen molar-refractivity contribution in [2.45, 2.75) is 45.4 Å². The minimum absolute atomic E-state index is 0.118. The molecule has 0 spiro atoms. The molecule has 0 aliphatic rings. The molecule has 0 saturated carbocycles. The third-order valence-electron chi connectivity index (χ3n) is 3.31. The summed E-state index contributed by atoms with van der Waals surface area (Å²) >= 11 is 0. The van der Waals surface area contributed by atoms with Crippen LogP contribution in [-0.4, -0.2) is 47.2 Å². The van der Waals surface area contributed by atoms with Gasteiger partial charge in [0.1, 0.15) is 18.2 Å². The van der Waals surface area contributed by atoms with Gasteiger partial charge in [0.2, 0.25) is 0 Å². The zero-order valence-electron chi connectivity index (χ0n) is 13.9. The Morgan fingerprint density at radius 2 is 1.75 bits per heavy atom. The van der Waals surface area contributed by atoms with Gasteiger partial charge in [0.25, 0.3) is 0 Å². The molecule has 0 heterocycles. The second-order valence-electron chi connectivity index (χ2n) is 5.28. The number of phenolic OH excluding ortho intramolecular Hbond substituents is 2. The Morgan fingerprint density at radius 1 is 1.12 bits per heavy atom. The fraction of sp³-hybridized carbons (Fsp3) is 0.500. The summed E-state index contributed by atoms with van der Waals surface area (Å²) in [6.07, 6.45) is -2.12. The van der Waals surface area contributed by atoms with Crippen molar-refractivity contribution in [3.8, 4) is 11.5 Å². The highest BCUT2D eigenvalue weighted by molar-refractivity contribution is 5.76. The Morgan fingerprint density at radius 3 is 2.33 bits per heavy atom. The van der Waals surface area contributed by atoms with Crippen LogP contribution in [0, 0.1) is 0 Å². The van der Waals surface area contributed by atoms with E-state index < -0.39 is 30.4 Å². The Balaban J connectivity index is 2.53. The number of esters is 1. The highest BCUT2D eigenvalue weighted by atomic mass is 16.7. The summed E-state index contributed by atoms with van der Waals surface area (Å²) in [6.45, 7) is 4.97. The first kappa shape index (κ1) is 19.6. The summed E-state index contributed by atoms with van der Waals surface area (Å²) in [4.78, 5) is 23.2. The van der Waals surface area contributed by atoms with Gasteiger partial charge in [0.05, 0.1) is 6.61 Å². The molecule has 0 saturated heterocycles. The largest absolute Gasteiger partial charge is 0.508 e. The number of nitrogens with two attached hydrogens (primary N) is 1. The maximum absolute atomic E-state index is 12.0. The van der Waals surface area contributed by atoms with E-state index in [9.17, 15) is 19.8 Å². The zero-order chi connectivity index (χ0) is 18.3. The van der Waals surface area contributed by atoms with Gasteiger partial charge < -0.3 is 30.2 Å². The SMILES string of the molecule is CCOC(=O)O[C@H](C)C(C)OC(=O)[C@@H](N)Cc1ccc(O)c(O)c1. The highest BCUT2D eigenvalue weighted by Crippen LogP contribution is 2.25. The van der Waals surface area contributed by atoms with Crippen LogP contribution in [0.3, 0.4) is 0 Å². The first-order valence-electron chi connectivity index (χ1n) is 7.54. The molecule has 0 aromatic heterocycles. The van der Waals surface area contributed by atoms with Gasteiger partial charge in [0, 0.05) is 0 Å². The molecule has 0 fully saturated rings. The number of carbonyl (C=O) groups excluding carboxylic acids is 2. The van der Waals surface area contributed by atoms with E-state index in [1.807, 2.05) is 0 Å². The molecule has 0 bridgehead atoms. The summed E-state index contributed by atoms with van der Waals surface area (Å²) in [6, 6.07) is 3.20. The molecule has 8 heteroatoms. The van der Waals surface area contributed by atoms with Crippen LogP contribution in [0.15, 0.2) is 18.2 Å². The van der Waals surface area contributed by atoms with Gasteiger partial charge in [-0.25, -0.2) is 4.79 Å². The predicted molar refractivity (Wildman–Crippen MR) is 84.6 cm³/mol. The molecule has 1 unspecified atom stereocenters. The maximum Gasteiger partial charge on any atom is 0.508 e. The average molecular weight is 341 g/mol. The highest BCUT2D eigenvalue weighted by Gasteiger charge is 2.24. The van der Waals surface area contributed by atoms with Crippen LogP contribution in [0.4, 0.5) is 4.79 Å². The smallest absolute Gasteiger partial charge is 0.504 e. The summed E-state index contributed by atoms with van der Waals surface area (Å²) in [5.41, 5.74) is 6.35. The Bertz CT molecular complexity index is 576. The summed E-state index contributed by atoms with van der Waals surface area (Å²) in [7, 11) is 0. The number of rotatable bonds is 7. The van der Waals surface area contributed by atoms with Gasteiger partial charge >= 0.3 is 12.1 Å². The molecular weight excluding hydrogens is 318 g/mol. The molecule has 0 aliphatic carbocycles. The fourth-order valence-corrected chi connectivity index (χ4v) is 1.80. The third-order valence-corrected chi connectivity index (χ3v) is 3.31. The number of hydrogen-bond acceptors (Lipinski definition) is 8. The van der Waals surface area contributed by atoms with E-state index in [1.54, 1.807) is 20.8 Å². The Kier molecular flexibility index (Phi) is 7.31. The monoisotopic (exact) mass is 341 g/mol. The summed E-state index contributed by atoms with van der Waals surface area (Å²) in [5, 5.41) is 18.7. The van der Waals surface area contributed by atoms with Gasteiger partial charge in [-0.1, -0.05) is 6.07 Å². The number of phenols is 2. The second-order valence-corrected chi connectivity index (χ2v) is 5.28. The first-order chi connectivity index (χ1) is 11.2. The van der Waals surface area contributed by atoms with Gasteiger partial charge in [-0.15, -0.1) is 0 Å². The van der Waals surface area contributed by atoms with Crippen LogP contribution in [0.2, 0.25) is 0 Å². The molecule has 24 heavy (non-hydrogen) atoms. The third kappa shape index (κ3) is 5.96. The lowest BCUT2D eigenvalue weighted by molar-refractivity contribution is -0.155. The van der Waals surface area contributed by atoms with Crippen LogP contribution in [0.25, 0.3) is 0 Å². The van der Waals surface area contributed by atoms with E-state index in [0.29, 0.717) is 5.56 Å². The van der Waals surface area contributed by atoms with E-state index >= 15 is 0 Å². The Labute approximate surface area is 140 Å². The topological polar surface area (TPSA) is 128 Å². The van der Waals surface area contributed by atoms with Crippen molar-refractivity contribution in [1.82, 2.24) is 0 Å². The Hall–Kier alpha value is -2.48. The second kappa shape index (κ2) is 8.97. The quantitative estimate of drug-likeness (QED) is 0.502. The summed E-state index contributed by atoms with van der Waals surface area (Å²) in [5.74, 6) is -1.22. The van der Waals surface area contributed by atoms with Crippen LogP contribution < -0.4 is 5.73 Å². The molecule has 0 aliphatic heterocycles. The average Bonchev–Trinajstić information content (AvgIpc) is 2.50. The molecule has 134 valence electrons. The maximum atomic E-state index is 12.0. The summed E-state index contributed by atoms with van der Waals surface area (Å²) < 4.78 is 14.8. The van der Waals surface area contributed by atoms with Crippen molar-refractivity contribution in [3.05, 3.63) is 23.8 Å². The number of benzene rings is 1. The molecule has 0 radical (unpaired) electrons. The molecule has 1 aromatic rings. The van der Waals surface area contributed by atoms with Gasteiger partial charge in [-0.3, -0.25) is 4.79 Å². The van der Waals surface area contributed by atoms with Crippen molar-refractivity contribution < 1.29 is 34.0 Å². The minimum Gasteiger partial charge on any atom is -0.504 e. The molecule has 3 atom stereocenters. The molecule has 4 N–H and O–H groups in total. The van der Waals surface area contributed by atoms with Crippen molar-refractivity contribution in [3.63, 3.8) is 0 Å². The number of hydrogen-bond donors (Lipinski definition) is 3. The standard InChI is InChI=1S/C16H23NO7/c1-4-22-16(21)24-10(3)9(2)23-15(20)12(17)7-11-5-6-13(18)14(19)8-11/h5-6,8-10,12,18-19H,4,7,17H2,1-3H3/t9?,10-,12+/m1/s1. The zero-order valence-corrected chi connectivity index (χ0v) is 13.9. The van der Waals surface area contributed by atoms with Crippen molar-refractivity contribution >= 4 is 12.1 Å². The lowest BCUT2D eigenvalue weighted by Gasteiger charge is -2.22. The van der Waals surface area contributed by atoms with Crippen LogP contribution in [0.1, 0.15) is 26.3 Å². The molecule has 8 nitrogen and oxygen atoms in total. The normalized spacial score (nSPS) is 14.3. The lowest BCUT2D eigenvalue weighted by atomic mass is 10.1. The molecule has 0 amide bonds. The van der Waals surface area contributed by atoms with Crippen molar-refractivity contribution in [2.75, 3.05) is 6.61 Å². The van der Waals surface area contributed by atoms with Gasteiger partial charge in [0.15, 0.2) is 11.5 Å². The van der Waals surface area contributed by atoms with Crippen LogP contribution in [0.5, 0.6) is 11.5 Å². The minimum atomic E-state index is -0.966. The van der Waals surface area contributed by atoms with Crippen molar-refractivity contribution in [2.24, 2.45) is 5.73 Å². The number of aromatic hydroxyl groups is 2. The lowest BCUT2D eigenvalue weighted by Crippen LogP contribution is -2.39. The van der Waals surface area contributed by atoms with Gasteiger partial charge in [-0.05, 0) is 44.9 Å². The molecule has 1 aromatic carbocycles. The number of carbonyl (C=O) groups is 2. The van der Waals surface area contributed by atoms with Crippen molar-refractivity contribution in [1.29, 1.82) is 0 Å². The first-order valence-corrected chi connectivity index (χ1v) is 7.54. The van der Waals surface area contributed by atoms with E-state index in [-0.39, 0.29) is 24.5 Å². The van der Waals surface area contributed by atoms with E-state index in [2.05, 4.69) is 4.74 Å². The predicted octanol–water partition coefficient (Wildman–Crippen LogP) is 1.46. The van der Waals surface area contributed by atoms with Crippen LogP contribution >= 0.6 is 0 Å². The van der Waals surface area contributed by atoms with E-state index in [0.717, 1.165) is 0 Å². The van der Waals surface area contributed by atoms with E-state index in [4.69, 9.17) is 15.2 Å². The van der Waals surface area contributed by atoms with Crippen LogP contribution in [-0.2, 0) is 25.4 Å². The van der Waals surface area contributed by atoms with Gasteiger partial charge in [-0.2, -0.15) is 0 Å². The fourth-order valence-electron chi connectivity index (χ4n) is 1.80. The number of ether oxygens (including phenoxy) is 3.